The smallest absolute Gasteiger partial charge is 0.0489 e. The number of pyridine rings is 1. The molecule has 2 unspecified atom stereocenters. The molecular formula is C15H26N4. The fourth-order valence-corrected chi connectivity index (χ4v) is 2.99. The fourth-order valence-electron chi connectivity index (χ4n) is 2.99. The van der Waals surface area contributed by atoms with Crippen molar-refractivity contribution in [1.29, 1.82) is 0 Å². The molecule has 1 saturated heterocycles. The van der Waals surface area contributed by atoms with Gasteiger partial charge in [-0.05, 0) is 45.5 Å². The summed E-state index contributed by atoms with van der Waals surface area (Å²) in [5, 5.41) is 0. The fraction of sp³-hybridized carbons (Fsp3) is 0.667. The molecule has 2 atom stereocenters. The molecule has 4 heteroatoms. The second-order valence-corrected chi connectivity index (χ2v) is 5.69. The molecule has 0 aromatic carbocycles. The van der Waals surface area contributed by atoms with Crippen LogP contribution in [0.15, 0.2) is 18.3 Å². The second kappa shape index (κ2) is 6.46. The van der Waals surface area contributed by atoms with Crippen LogP contribution in [0, 0.1) is 6.92 Å². The van der Waals surface area contributed by atoms with Gasteiger partial charge in [-0.1, -0.05) is 6.07 Å². The zero-order valence-corrected chi connectivity index (χ0v) is 12.3. The first-order valence-electron chi connectivity index (χ1n) is 7.18. The Balaban J connectivity index is 2.18. The van der Waals surface area contributed by atoms with Gasteiger partial charge >= 0.3 is 0 Å². The van der Waals surface area contributed by atoms with Crippen molar-refractivity contribution in [3.8, 4) is 0 Å². The highest BCUT2D eigenvalue weighted by atomic mass is 15.3. The molecule has 1 aliphatic heterocycles. The van der Waals surface area contributed by atoms with Gasteiger partial charge in [0.1, 0.15) is 0 Å². The predicted octanol–water partition coefficient (Wildman–Crippen LogP) is 1.42. The van der Waals surface area contributed by atoms with Crippen LogP contribution in [0.4, 0.5) is 0 Å². The molecule has 0 spiro atoms. The Labute approximate surface area is 116 Å². The number of nitrogens with zero attached hydrogens (tertiary/aromatic N) is 3. The quantitative estimate of drug-likeness (QED) is 0.895. The Morgan fingerprint density at radius 3 is 2.84 bits per heavy atom. The minimum atomic E-state index is 0.287. The van der Waals surface area contributed by atoms with Gasteiger partial charge in [-0.25, -0.2) is 0 Å². The van der Waals surface area contributed by atoms with Crippen molar-refractivity contribution in [2.75, 3.05) is 33.2 Å². The van der Waals surface area contributed by atoms with Crippen molar-refractivity contribution in [1.82, 2.24) is 14.8 Å². The Morgan fingerprint density at radius 1 is 1.42 bits per heavy atom. The predicted molar refractivity (Wildman–Crippen MR) is 79.1 cm³/mol. The number of aryl methyl sites for hydroxylation is 1. The first-order chi connectivity index (χ1) is 9.11. The number of nitrogens with two attached hydrogens (primary N) is 1. The van der Waals surface area contributed by atoms with Crippen molar-refractivity contribution < 1.29 is 0 Å². The third-order valence-corrected chi connectivity index (χ3v) is 4.04. The molecule has 2 N–H and O–H groups in total. The van der Waals surface area contributed by atoms with E-state index in [0.717, 1.165) is 18.8 Å². The van der Waals surface area contributed by atoms with Crippen LogP contribution in [0.5, 0.6) is 0 Å². The molecule has 0 amide bonds. The van der Waals surface area contributed by atoms with Gasteiger partial charge in [0.25, 0.3) is 0 Å². The topological polar surface area (TPSA) is 45.4 Å². The molecule has 4 nitrogen and oxygen atoms in total. The van der Waals surface area contributed by atoms with Crippen molar-refractivity contribution in [3.63, 3.8) is 0 Å². The lowest BCUT2D eigenvalue weighted by atomic mass is 10.0. The summed E-state index contributed by atoms with van der Waals surface area (Å²) in [5.41, 5.74) is 8.34. The van der Waals surface area contributed by atoms with Crippen LogP contribution in [0.3, 0.4) is 0 Å². The van der Waals surface area contributed by atoms with Crippen LogP contribution in [-0.4, -0.2) is 54.1 Å². The average Bonchev–Trinajstić information content (AvgIpc) is 2.54. The zero-order valence-electron chi connectivity index (χ0n) is 12.3. The molecule has 0 saturated carbocycles. The highest BCUT2D eigenvalue weighted by Crippen LogP contribution is 2.24. The van der Waals surface area contributed by atoms with E-state index in [9.17, 15) is 0 Å². The van der Waals surface area contributed by atoms with Crippen LogP contribution in [0.1, 0.15) is 30.6 Å². The highest BCUT2D eigenvalue weighted by Gasteiger charge is 2.26. The third kappa shape index (κ3) is 3.53. The van der Waals surface area contributed by atoms with E-state index in [4.69, 9.17) is 5.73 Å². The molecule has 1 aliphatic rings. The molecule has 1 aromatic rings. The van der Waals surface area contributed by atoms with Crippen LogP contribution in [0.25, 0.3) is 0 Å². The lowest BCUT2D eigenvalue weighted by Crippen LogP contribution is -2.43. The van der Waals surface area contributed by atoms with Gasteiger partial charge in [-0.2, -0.15) is 0 Å². The molecule has 19 heavy (non-hydrogen) atoms. The van der Waals surface area contributed by atoms with E-state index in [1.54, 1.807) is 0 Å². The molecule has 1 fully saturated rings. The molecule has 0 radical (unpaired) electrons. The Hall–Kier alpha value is -0.970. The standard InChI is InChI=1S/C15H26N4/c1-12-5-6-14(10-17-12)15(9-16)19-8-4-7-18(3)11-13(19)2/h5-6,10,13,15H,4,7-9,11,16H2,1-3H3. The Morgan fingerprint density at radius 2 is 2.21 bits per heavy atom. The summed E-state index contributed by atoms with van der Waals surface area (Å²) in [5.74, 6) is 0. The average molecular weight is 262 g/mol. The maximum atomic E-state index is 6.04. The number of rotatable bonds is 3. The van der Waals surface area contributed by atoms with Gasteiger partial charge in [0.2, 0.25) is 0 Å². The van der Waals surface area contributed by atoms with E-state index in [1.165, 1.54) is 18.5 Å². The van der Waals surface area contributed by atoms with E-state index in [1.807, 2.05) is 13.1 Å². The molecule has 106 valence electrons. The van der Waals surface area contributed by atoms with Crippen molar-refractivity contribution in [2.24, 2.45) is 5.73 Å². The van der Waals surface area contributed by atoms with Crippen LogP contribution >= 0.6 is 0 Å². The molecule has 2 heterocycles. The monoisotopic (exact) mass is 262 g/mol. The van der Waals surface area contributed by atoms with Gasteiger partial charge in [-0.3, -0.25) is 9.88 Å². The van der Waals surface area contributed by atoms with Gasteiger partial charge in [-0.15, -0.1) is 0 Å². The molecule has 1 aromatic heterocycles. The molecule has 0 aliphatic carbocycles. The largest absolute Gasteiger partial charge is 0.329 e. The lowest BCUT2D eigenvalue weighted by molar-refractivity contribution is 0.146. The summed E-state index contributed by atoms with van der Waals surface area (Å²) < 4.78 is 0. The SMILES string of the molecule is Cc1ccc(C(CN)N2CCCN(C)CC2C)cn1. The first kappa shape index (κ1) is 14.4. The van der Waals surface area contributed by atoms with E-state index < -0.39 is 0 Å². The minimum Gasteiger partial charge on any atom is -0.329 e. The molecule has 2 rings (SSSR count). The summed E-state index contributed by atoms with van der Waals surface area (Å²) >= 11 is 0. The summed E-state index contributed by atoms with van der Waals surface area (Å²) in [6, 6.07) is 5.06. The third-order valence-electron chi connectivity index (χ3n) is 4.04. The van der Waals surface area contributed by atoms with Crippen LogP contribution in [0.2, 0.25) is 0 Å². The number of likely N-dealkylation sites (N-methyl/N-ethyl adjacent to an activating group) is 1. The van der Waals surface area contributed by atoms with Crippen molar-refractivity contribution in [3.05, 3.63) is 29.6 Å². The van der Waals surface area contributed by atoms with E-state index in [0.29, 0.717) is 12.6 Å². The van der Waals surface area contributed by atoms with Crippen molar-refractivity contribution >= 4 is 0 Å². The number of hydrogen-bond donors (Lipinski definition) is 1. The normalized spacial score (nSPS) is 24.1. The van der Waals surface area contributed by atoms with Crippen molar-refractivity contribution in [2.45, 2.75) is 32.4 Å². The van der Waals surface area contributed by atoms with Gasteiger partial charge in [0, 0.05) is 43.6 Å². The summed E-state index contributed by atoms with van der Waals surface area (Å²) in [6.07, 6.45) is 3.19. The minimum absolute atomic E-state index is 0.287. The second-order valence-electron chi connectivity index (χ2n) is 5.69. The lowest BCUT2D eigenvalue weighted by Gasteiger charge is -2.35. The van der Waals surface area contributed by atoms with Gasteiger partial charge in [0.05, 0.1) is 0 Å². The zero-order chi connectivity index (χ0) is 13.8. The molecular weight excluding hydrogens is 236 g/mol. The summed E-state index contributed by atoms with van der Waals surface area (Å²) in [4.78, 5) is 9.36. The van der Waals surface area contributed by atoms with E-state index >= 15 is 0 Å². The van der Waals surface area contributed by atoms with Gasteiger partial charge in [0.15, 0.2) is 0 Å². The Kier molecular flexibility index (Phi) is 4.91. The number of hydrogen-bond acceptors (Lipinski definition) is 4. The van der Waals surface area contributed by atoms with Crippen LogP contribution < -0.4 is 5.73 Å². The number of aromatic nitrogens is 1. The van der Waals surface area contributed by atoms with Gasteiger partial charge < -0.3 is 10.6 Å². The van der Waals surface area contributed by atoms with E-state index in [2.05, 4.69) is 40.9 Å². The molecule has 0 bridgehead atoms. The maximum absolute atomic E-state index is 6.04. The Bertz CT molecular complexity index is 390. The summed E-state index contributed by atoms with van der Waals surface area (Å²) in [7, 11) is 2.20. The van der Waals surface area contributed by atoms with Crippen LogP contribution in [-0.2, 0) is 0 Å². The highest BCUT2D eigenvalue weighted by molar-refractivity contribution is 5.18. The summed E-state index contributed by atoms with van der Waals surface area (Å²) in [6.45, 7) is 8.36. The maximum Gasteiger partial charge on any atom is 0.0489 e. The van der Waals surface area contributed by atoms with E-state index in [-0.39, 0.29) is 6.04 Å². The first-order valence-corrected chi connectivity index (χ1v) is 7.18.